The van der Waals surface area contributed by atoms with Crippen LogP contribution in [0.15, 0.2) is 27.6 Å². The van der Waals surface area contributed by atoms with Gasteiger partial charge in [0.15, 0.2) is 10.7 Å². The molecule has 0 spiro atoms. The minimum absolute atomic E-state index is 0.0327. The van der Waals surface area contributed by atoms with Crippen LogP contribution >= 0.6 is 0 Å². The highest BCUT2D eigenvalue weighted by Gasteiger charge is 2.31. The molecule has 12 heteroatoms. The van der Waals surface area contributed by atoms with Crippen molar-refractivity contribution in [2.24, 2.45) is 5.92 Å². The first-order valence-corrected chi connectivity index (χ1v) is 16.3. The molecule has 236 valence electrons. The van der Waals surface area contributed by atoms with Crippen molar-refractivity contribution in [3.05, 3.63) is 35.2 Å². The summed E-state index contributed by atoms with van der Waals surface area (Å²) in [5, 5.41) is 13.9. The van der Waals surface area contributed by atoms with Gasteiger partial charge in [0.25, 0.3) is 15.9 Å². The molecule has 2 aromatic rings. The molecule has 4 atom stereocenters. The SMILES string of the molecule is CCCN(C)C[C@H]1OCCCC[C@H](C)Oc2ccc(NS(=O)(=O)c3c(C)noc3C)cc2C(=O)N([C@H](C)CO)C[C@H]1C. The molecule has 1 aromatic heterocycles. The number of sulfonamides is 1. The lowest BCUT2D eigenvalue weighted by Gasteiger charge is -2.35. The van der Waals surface area contributed by atoms with Crippen molar-refractivity contribution in [2.75, 3.05) is 44.6 Å². The number of nitrogens with one attached hydrogen (secondary N) is 1. The fourth-order valence-corrected chi connectivity index (χ4v) is 6.67. The van der Waals surface area contributed by atoms with E-state index in [0.29, 0.717) is 18.9 Å². The van der Waals surface area contributed by atoms with Gasteiger partial charge in [-0.05, 0) is 85.2 Å². The molecule has 0 bridgehead atoms. The number of benzene rings is 1. The first-order valence-electron chi connectivity index (χ1n) is 14.9. The average molecular weight is 609 g/mol. The van der Waals surface area contributed by atoms with E-state index < -0.39 is 16.1 Å². The Balaban J connectivity index is 2.02. The van der Waals surface area contributed by atoms with Crippen molar-refractivity contribution >= 4 is 21.6 Å². The minimum atomic E-state index is -4.04. The molecule has 2 heterocycles. The zero-order valence-electron chi connectivity index (χ0n) is 26.1. The highest BCUT2D eigenvalue weighted by Crippen LogP contribution is 2.30. The summed E-state index contributed by atoms with van der Waals surface area (Å²) in [6, 6.07) is 4.21. The van der Waals surface area contributed by atoms with Crippen molar-refractivity contribution in [3.63, 3.8) is 0 Å². The number of rotatable bonds is 9. The first kappa shape index (κ1) is 33.8. The third-order valence-electron chi connectivity index (χ3n) is 7.64. The summed E-state index contributed by atoms with van der Waals surface area (Å²) in [7, 11) is -1.96. The van der Waals surface area contributed by atoms with E-state index in [2.05, 4.69) is 35.7 Å². The summed E-state index contributed by atoms with van der Waals surface area (Å²) in [6.07, 6.45) is 3.30. The number of anilines is 1. The maximum absolute atomic E-state index is 14.2. The van der Waals surface area contributed by atoms with E-state index >= 15 is 0 Å². The molecule has 1 aromatic carbocycles. The highest BCUT2D eigenvalue weighted by molar-refractivity contribution is 7.92. The van der Waals surface area contributed by atoms with Gasteiger partial charge in [-0.25, -0.2) is 8.42 Å². The molecule has 1 aliphatic rings. The standard InChI is InChI=1S/C30H48N4O7S/c1-8-14-33(7)18-28-20(2)17-34(21(3)19-35)30(36)26-16-25(32-42(37,38)29-23(5)31-41-24(29)6)12-13-27(26)40-22(4)11-9-10-15-39-28/h12-13,16,20-22,28,32,35H,8-11,14-15,17-19H2,1-7H3/t20-,21-,22+,28-/m1/s1. The van der Waals surface area contributed by atoms with Gasteiger partial charge in [0.2, 0.25) is 0 Å². The number of hydrogen-bond acceptors (Lipinski definition) is 9. The summed E-state index contributed by atoms with van der Waals surface area (Å²) in [6.45, 7) is 13.4. The van der Waals surface area contributed by atoms with E-state index in [1.54, 1.807) is 30.9 Å². The van der Waals surface area contributed by atoms with Gasteiger partial charge in [-0.1, -0.05) is 19.0 Å². The number of aliphatic hydroxyl groups excluding tert-OH is 1. The molecule has 0 unspecified atom stereocenters. The molecule has 1 aliphatic heterocycles. The number of aromatic nitrogens is 1. The molecule has 0 aliphatic carbocycles. The zero-order chi connectivity index (χ0) is 31.0. The molecule has 42 heavy (non-hydrogen) atoms. The van der Waals surface area contributed by atoms with Crippen molar-refractivity contribution in [2.45, 2.75) is 90.4 Å². The van der Waals surface area contributed by atoms with E-state index in [4.69, 9.17) is 14.0 Å². The second-order valence-corrected chi connectivity index (χ2v) is 13.2. The topological polar surface area (TPSA) is 134 Å². The molecular formula is C30H48N4O7S. The smallest absolute Gasteiger partial charge is 0.267 e. The van der Waals surface area contributed by atoms with Gasteiger partial charge >= 0.3 is 0 Å². The molecule has 1 amide bonds. The van der Waals surface area contributed by atoms with Gasteiger partial charge in [-0.15, -0.1) is 0 Å². The predicted molar refractivity (Wildman–Crippen MR) is 161 cm³/mol. The number of carbonyl (C=O) groups is 1. The number of amides is 1. The van der Waals surface area contributed by atoms with Crippen molar-refractivity contribution in [1.82, 2.24) is 15.0 Å². The Kier molecular flexibility index (Phi) is 12.2. The quantitative estimate of drug-likeness (QED) is 0.429. The first-order chi connectivity index (χ1) is 19.9. The third kappa shape index (κ3) is 8.68. The Morgan fingerprint density at radius 1 is 1.24 bits per heavy atom. The number of hydrogen-bond donors (Lipinski definition) is 2. The molecular weight excluding hydrogens is 560 g/mol. The van der Waals surface area contributed by atoms with Crippen LogP contribution in [0.3, 0.4) is 0 Å². The monoisotopic (exact) mass is 608 g/mol. The summed E-state index contributed by atoms with van der Waals surface area (Å²) >= 11 is 0. The molecule has 11 nitrogen and oxygen atoms in total. The van der Waals surface area contributed by atoms with Crippen LogP contribution < -0.4 is 9.46 Å². The van der Waals surface area contributed by atoms with Crippen molar-refractivity contribution in [3.8, 4) is 5.75 Å². The Bertz CT molecular complexity index is 1260. The zero-order valence-corrected chi connectivity index (χ0v) is 26.9. The van der Waals surface area contributed by atoms with E-state index in [1.165, 1.54) is 13.0 Å². The van der Waals surface area contributed by atoms with E-state index in [9.17, 15) is 18.3 Å². The number of likely N-dealkylation sites (N-methyl/N-ethyl adjacent to an activating group) is 1. The largest absolute Gasteiger partial charge is 0.490 e. The van der Waals surface area contributed by atoms with Gasteiger partial charge in [0.1, 0.15) is 11.4 Å². The Morgan fingerprint density at radius 2 is 1.98 bits per heavy atom. The van der Waals surface area contributed by atoms with E-state index in [0.717, 1.165) is 38.8 Å². The molecule has 2 N–H and O–H groups in total. The fraction of sp³-hybridized carbons (Fsp3) is 0.667. The van der Waals surface area contributed by atoms with Crippen molar-refractivity contribution < 1.29 is 32.3 Å². The van der Waals surface area contributed by atoms with Gasteiger partial charge in [-0.2, -0.15) is 0 Å². The van der Waals surface area contributed by atoms with Gasteiger partial charge in [0, 0.05) is 31.3 Å². The lowest BCUT2D eigenvalue weighted by molar-refractivity contribution is -0.0167. The number of carbonyl (C=O) groups excluding carboxylic acids is 1. The average Bonchev–Trinajstić information content (AvgIpc) is 3.28. The third-order valence-corrected chi connectivity index (χ3v) is 9.26. The Labute approximate surface area is 250 Å². The number of nitrogens with zero attached hydrogens (tertiary/aromatic N) is 3. The number of aryl methyl sites for hydroxylation is 2. The molecule has 0 saturated heterocycles. The Morgan fingerprint density at radius 3 is 2.62 bits per heavy atom. The van der Waals surface area contributed by atoms with Crippen LogP contribution in [0.5, 0.6) is 5.75 Å². The summed E-state index contributed by atoms with van der Waals surface area (Å²) in [5.74, 6) is 0.143. The molecule has 0 fully saturated rings. The van der Waals surface area contributed by atoms with Gasteiger partial charge in [0.05, 0.1) is 30.4 Å². The second-order valence-electron chi connectivity index (χ2n) is 11.5. The number of aliphatic hydroxyl groups is 1. The molecule has 0 saturated carbocycles. The maximum atomic E-state index is 14.2. The summed E-state index contributed by atoms with van der Waals surface area (Å²) in [4.78, 5) is 18.1. The van der Waals surface area contributed by atoms with E-state index in [1.807, 2.05) is 6.92 Å². The predicted octanol–water partition coefficient (Wildman–Crippen LogP) is 4.23. The van der Waals surface area contributed by atoms with Gasteiger partial charge < -0.3 is 28.9 Å². The summed E-state index contributed by atoms with van der Waals surface area (Å²) in [5.41, 5.74) is 0.655. The van der Waals surface area contributed by atoms with Crippen molar-refractivity contribution in [1.29, 1.82) is 0 Å². The number of fused-ring (bicyclic) bond motifs is 1. The lowest BCUT2D eigenvalue weighted by Crippen LogP contribution is -2.47. The van der Waals surface area contributed by atoms with Crippen LogP contribution in [0.4, 0.5) is 5.69 Å². The maximum Gasteiger partial charge on any atom is 0.267 e. The van der Waals surface area contributed by atoms with Crippen LogP contribution in [-0.2, 0) is 14.8 Å². The minimum Gasteiger partial charge on any atom is -0.490 e. The van der Waals surface area contributed by atoms with Gasteiger partial charge in [-0.3, -0.25) is 9.52 Å². The second kappa shape index (κ2) is 15.2. The molecule has 0 radical (unpaired) electrons. The van der Waals surface area contributed by atoms with Crippen LogP contribution in [-0.4, -0.2) is 92.5 Å². The van der Waals surface area contributed by atoms with Crippen LogP contribution in [0.25, 0.3) is 0 Å². The van der Waals surface area contributed by atoms with Crippen LogP contribution in [0, 0.1) is 19.8 Å². The number of ether oxygens (including phenoxy) is 2. The molecule has 3 rings (SSSR count). The lowest BCUT2D eigenvalue weighted by atomic mass is 10.0. The van der Waals surface area contributed by atoms with Crippen LogP contribution in [0.2, 0.25) is 0 Å². The van der Waals surface area contributed by atoms with E-state index in [-0.39, 0.29) is 58.2 Å². The summed E-state index contributed by atoms with van der Waals surface area (Å²) < 4.78 is 46.7. The highest BCUT2D eigenvalue weighted by atomic mass is 32.2. The van der Waals surface area contributed by atoms with Crippen LogP contribution in [0.1, 0.15) is 75.2 Å². The normalized spacial score (nSPS) is 21.9. The fourth-order valence-electron chi connectivity index (χ4n) is 5.29. The Hall–Kier alpha value is -2.67.